The molecule has 2 fully saturated rings. The van der Waals surface area contributed by atoms with Gasteiger partial charge in [0.25, 0.3) is 0 Å². The molecule has 0 saturated carbocycles. The first-order valence-electron chi connectivity index (χ1n) is 22.3. The van der Waals surface area contributed by atoms with Crippen LogP contribution in [0, 0.1) is 17.8 Å². The van der Waals surface area contributed by atoms with Crippen molar-refractivity contribution in [1.82, 2.24) is 0 Å². The van der Waals surface area contributed by atoms with Crippen LogP contribution in [0.1, 0.15) is 79.1 Å². The highest BCUT2D eigenvalue weighted by atomic mass is 16.7. The zero-order valence-corrected chi connectivity index (χ0v) is 37.6. The Hall–Kier alpha value is -3.44. The highest BCUT2D eigenvalue weighted by Gasteiger charge is 2.51. The monoisotopic (exact) mass is 923 g/mol. The Morgan fingerprint density at radius 2 is 1.23 bits per heavy atom. The molecule has 3 aliphatic rings. The van der Waals surface area contributed by atoms with Gasteiger partial charge in [-0.2, -0.15) is 0 Å². The quantitative estimate of drug-likeness (QED) is 0.174. The van der Waals surface area contributed by atoms with Gasteiger partial charge >= 0.3 is 11.9 Å². The smallest absolute Gasteiger partial charge is 0.311 e. The minimum absolute atomic E-state index is 0.107. The molecule has 2 bridgehead atoms. The number of hydrogen-bond acceptors (Lipinski definition) is 17. The number of aliphatic carboxylic acids is 1. The van der Waals surface area contributed by atoms with Crippen molar-refractivity contribution in [3.8, 4) is 0 Å². The van der Waals surface area contributed by atoms with Crippen molar-refractivity contribution >= 4 is 11.9 Å². The summed E-state index contributed by atoms with van der Waals surface area (Å²) >= 11 is 0. The summed E-state index contributed by atoms with van der Waals surface area (Å²) in [6.07, 6.45) is 3.46. The van der Waals surface area contributed by atoms with Crippen LogP contribution >= 0.6 is 0 Å². The molecular formula is C47H73NO17. The van der Waals surface area contributed by atoms with Crippen LogP contribution in [0.5, 0.6) is 0 Å². The molecule has 19 atom stereocenters. The summed E-state index contributed by atoms with van der Waals surface area (Å²) in [5, 5.41) is 118. The largest absolute Gasteiger partial charge is 0.481 e. The van der Waals surface area contributed by atoms with E-state index in [9.17, 15) is 65.8 Å². The number of carboxylic acids is 1. The van der Waals surface area contributed by atoms with E-state index < -0.39 is 147 Å². The van der Waals surface area contributed by atoms with Gasteiger partial charge in [0, 0.05) is 37.5 Å². The number of carbonyl (C=O) groups excluding carboxylic acids is 1. The molecule has 65 heavy (non-hydrogen) atoms. The van der Waals surface area contributed by atoms with E-state index in [2.05, 4.69) is 0 Å². The lowest BCUT2D eigenvalue weighted by Gasteiger charge is -2.45. The maximum absolute atomic E-state index is 12.6. The molecule has 3 rings (SSSR count). The third kappa shape index (κ3) is 18.6. The number of cyclic esters (lactones) is 1. The lowest BCUT2D eigenvalue weighted by Crippen LogP contribution is -2.61. The average Bonchev–Trinajstić information content (AvgIpc) is 3.21. The molecule has 0 radical (unpaired) electrons. The Bertz CT molecular complexity index is 1670. The van der Waals surface area contributed by atoms with E-state index in [0.717, 1.165) is 0 Å². The van der Waals surface area contributed by atoms with Crippen LogP contribution in [-0.2, 0) is 28.5 Å². The normalized spacial score (nSPS) is 45.5. The molecule has 11 unspecified atom stereocenters. The molecule has 18 heteroatoms. The molecular weight excluding hydrogens is 851 g/mol. The van der Waals surface area contributed by atoms with Gasteiger partial charge in [0.05, 0.1) is 79.6 Å². The first-order chi connectivity index (χ1) is 30.6. The Morgan fingerprint density at radius 3 is 1.82 bits per heavy atom. The van der Waals surface area contributed by atoms with E-state index in [1.807, 2.05) is 19.1 Å². The molecule has 0 aliphatic carbocycles. The van der Waals surface area contributed by atoms with E-state index in [1.165, 1.54) is 13.0 Å². The van der Waals surface area contributed by atoms with Gasteiger partial charge < -0.3 is 80.9 Å². The summed E-state index contributed by atoms with van der Waals surface area (Å²) in [6.45, 7) is 6.74. The zero-order valence-electron chi connectivity index (χ0n) is 37.6. The van der Waals surface area contributed by atoms with Crippen molar-refractivity contribution in [1.29, 1.82) is 0 Å². The highest BCUT2D eigenvalue weighted by molar-refractivity contribution is 5.71. The van der Waals surface area contributed by atoms with E-state index in [0.29, 0.717) is 0 Å². The fourth-order valence-electron chi connectivity index (χ4n) is 7.97. The van der Waals surface area contributed by atoms with Crippen molar-refractivity contribution < 1.29 is 84.7 Å². The molecule has 3 heterocycles. The van der Waals surface area contributed by atoms with E-state index in [1.54, 1.807) is 80.7 Å². The Balaban J connectivity index is 1.86. The van der Waals surface area contributed by atoms with Gasteiger partial charge in [0.1, 0.15) is 18.1 Å². The van der Waals surface area contributed by atoms with Crippen LogP contribution < -0.4 is 5.73 Å². The van der Waals surface area contributed by atoms with Gasteiger partial charge in [-0.1, -0.05) is 98.9 Å². The molecule has 0 spiro atoms. The maximum Gasteiger partial charge on any atom is 0.311 e. The summed E-state index contributed by atoms with van der Waals surface area (Å²) in [6, 6.07) is -1.15. The van der Waals surface area contributed by atoms with Crippen LogP contribution in [-0.4, -0.2) is 166 Å². The third-order valence-electron chi connectivity index (χ3n) is 12.0. The number of fused-ring (bicyclic) bond motifs is 2. The molecule has 18 nitrogen and oxygen atoms in total. The van der Waals surface area contributed by atoms with Crippen molar-refractivity contribution in [2.45, 2.75) is 177 Å². The lowest BCUT2D eigenvalue weighted by molar-refractivity contribution is -0.308. The van der Waals surface area contributed by atoms with Crippen molar-refractivity contribution in [3.63, 3.8) is 0 Å². The van der Waals surface area contributed by atoms with E-state index >= 15 is 0 Å². The van der Waals surface area contributed by atoms with Crippen LogP contribution in [0.2, 0.25) is 0 Å². The first-order valence-corrected chi connectivity index (χ1v) is 22.3. The van der Waals surface area contributed by atoms with Gasteiger partial charge in [-0.15, -0.1) is 0 Å². The SMILES string of the molecule is C[C@@H]1OC(=O)CC(O)CC(O)CCC(O)C(O)CC(O)CC2(O)C[C@H](O)C(C(=O)O)[C@H](CC(O[C@@H]3O[C@H](C)C(O)[C@H](N)C3O)/C=C/C=C/C=C/C=C/C=C/C=C/C=C/[C@H](C)C(O)[C@H]1C)O2. The number of ether oxygens (including phenoxy) is 4. The Labute approximate surface area is 381 Å². The second kappa shape index (κ2) is 27.4. The number of allylic oxidation sites excluding steroid dienone is 12. The summed E-state index contributed by atoms with van der Waals surface area (Å²) in [4.78, 5) is 25.1. The molecule has 0 amide bonds. The predicted octanol–water partition coefficient (Wildman–Crippen LogP) is 0.712. The molecule has 0 aromatic rings. The summed E-state index contributed by atoms with van der Waals surface area (Å²) in [7, 11) is 0. The standard InChI is InChI=1S/C47H73NO17/c1-27-17-15-13-11-9-7-5-6-8-10-12-14-16-18-34(64-46-44(58)41(48)43(57)30(4)63-46)24-38-40(45(59)60)37(54)26-47(61,65-38)25-33(51)22-36(53)35(52)20-19-31(49)21-32(50)23-39(55)62-29(3)28(2)42(27)56/h5-18,27-38,40-44,46,49-54,56-58,61H,19-26,48H2,1-4H3,(H,59,60)/b6-5+,9-7+,10-8+,13-11+,14-12+,17-15+,18-16+/t27-,28-,29-,30+,31?,32?,33?,34?,35?,36?,37-,38-,40?,41-,42?,43?,44?,46-,47?/m0/s1. The summed E-state index contributed by atoms with van der Waals surface area (Å²) < 4.78 is 23.1. The molecule has 0 aromatic carbocycles. The number of esters is 1. The molecule has 13 N–H and O–H groups in total. The highest BCUT2D eigenvalue weighted by Crippen LogP contribution is 2.38. The average molecular weight is 924 g/mol. The number of aliphatic hydroxyl groups is 10. The molecule has 368 valence electrons. The van der Waals surface area contributed by atoms with E-state index in [-0.39, 0.29) is 31.6 Å². The Morgan fingerprint density at radius 1 is 0.662 bits per heavy atom. The lowest BCUT2D eigenvalue weighted by atomic mass is 9.82. The number of carboxylic acid groups (broad SMARTS) is 1. The van der Waals surface area contributed by atoms with Crippen LogP contribution in [0.3, 0.4) is 0 Å². The Kier molecular flexibility index (Phi) is 23.6. The van der Waals surface area contributed by atoms with Crippen LogP contribution in [0.15, 0.2) is 85.1 Å². The predicted molar refractivity (Wildman–Crippen MR) is 237 cm³/mol. The number of rotatable bonds is 3. The van der Waals surface area contributed by atoms with Gasteiger partial charge in [-0.25, -0.2) is 0 Å². The molecule has 0 aromatic heterocycles. The number of hydrogen-bond donors (Lipinski definition) is 12. The van der Waals surface area contributed by atoms with Crippen LogP contribution in [0.25, 0.3) is 0 Å². The summed E-state index contributed by atoms with van der Waals surface area (Å²) in [5.74, 6) is -6.83. The second-order valence-corrected chi connectivity index (χ2v) is 17.6. The van der Waals surface area contributed by atoms with Gasteiger partial charge in [-0.3, -0.25) is 9.59 Å². The van der Waals surface area contributed by atoms with E-state index in [4.69, 9.17) is 24.7 Å². The molecule has 3 aliphatic heterocycles. The third-order valence-corrected chi connectivity index (χ3v) is 12.0. The minimum atomic E-state index is -2.33. The van der Waals surface area contributed by atoms with Crippen molar-refractivity contribution in [2.75, 3.05) is 0 Å². The number of aliphatic hydroxyl groups excluding tert-OH is 9. The van der Waals surface area contributed by atoms with Gasteiger partial charge in [-0.05, 0) is 33.1 Å². The molecule has 2 saturated heterocycles. The van der Waals surface area contributed by atoms with Crippen molar-refractivity contribution in [2.24, 2.45) is 23.5 Å². The fraction of sp³-hybridized carbons (Fsp3) is 0.660. The number of carbonyl (C=O) groups is 2. The van der Waals surface area contributed by atoms with Gasteiger partial charge in [0.2, 0.25) is 0 Å². The topological polar surface area (TPSA) is 320 Å². The minimum Gasteiger partial charge on any atom is -0.481 e. The van der Waals surface area contributed by atoms with Crippen molar-refractivity contribution in [3.05, 3.63) is 85.1 Å². The summed E-state index contributed by atoms with van der Waals surface area (Å²) in [5.41, 5.74) is 6.02. The maximum atomic E-state index is 12.6. The second-order valence-electron chi connectivity index (χ2n) is 17.6. The van der Waals surface area contributed by atoms with Gasteiger partial charge in [0.15, 0.2) is 12.1 Å². The number of nitrogens with two attached hydrogens (primary N) is 1. The van der Waals surface area contributed by atoms with Crippen LogP contribution in [0.4, 0.5) is 0 Å². The zero-order chi connectivity index (χ0) is 48.4. The first kappa shape index (κ1) is 55.9. The fourth-order valence-corrected chi connectivity index (χ4v) is 7.97.